The van der Waals surface area contributed by atoms with E-state index < -0.39 is 0 Å². The summed E-state index contributed by atoms with van der Waals surface area (Å²) < 4.78 is 6.39. The molecule has 1 unspecified atom stereocenters. The molecule has 1 rings (SSSR count). The van der Waals surface area contributed by atoms with Gasteiger partial charge >= 0.3 is 0 Å². The molecule has 0 heterocycles. The molecule has 1 fully saturated rings. The summed E-state index contributed by atoms with van der Waals surface area (Å²) in [5.74, 6) is 1.79. The van der Waals surface area contributed by atoms with E-state index in [2.05, 4.69) is 36.1 Å². The minimum atomic E-state index is 0.356. The number of halogens is 1. The van der Waals surface area contributed by atoms with Gasteiger partial charge < -0.3 is 4.74 Å². The molecule has 25 heavy (non-hydrogen) atoms. The van der Waals surface area contributed by atoms with Crippen LogP contribution in [-0.2, 0) is 4.74 Å². The molecule has 0 spiro atoms. The number of rotatable bonds is 17. The van der Waals surface area contributed by atoms with Crippen molar-refractivity contribution in [2.24, 2.45) is 5.92 Å². The Morgan fingerprint density at radius 2 is 1.28 bits per heavy atom. The third-order valence-corrected chi connectivity index (χ3v) is 6.88. The highest BCUT2D eigenvalue weighted by Crippen LogP contribution is 2.33. The second-order valence-electron chi connectivity index (χ2n) is 8.04. The summed E-state index contributed by atoms with van der Waals surface area (Å²) >= 11 is 2.48. The molecule has 0 aromatic carbocycles. The fourth-order valence-electron chi connectivity index (χ4n) is 3.87. The van der Waals surface area contributed by atoms with Crippen molar-refractivity contribution in [1.82, 2.24) is 0 Å². The quantitative estimate of drug-likeness (QED) is 0.0907. The monoisotopic (exact) mass is 462 g/mol. The smallest absolute Gasteiger partial charge is 0.151 e. The van der Waals surface area contributed by atoms with Gasteiger partial charge in [0.15, 0.2) is 4.11 Å². The van der Waals surface area contributed by atoms with Crippen molar-refractivity contribution in [3.05, 3.63) is 12.3 Å². The number of allylic oxidation sites excluding steroid dienone is 1. The van der Waals surface area contributed by atoms with E-state index in [0.717, 1.165) is 18.1 Å². The molecule has 2 heteroatoms. The van der Waals surface area contributed by atoms with Crippen LogP contribution in [0.25, 0.3) is 0 Å². The van der Waals surface area contributed by atoms with E-state index in [1.165, 1.54) is 109 Å². The van der Waals surface area contributed by atoms with Crippen molar-refractivity contribution in [3.8, 4) is 0 Å². The number of hydrogen-bond acceptors (Lipinski definition) is 1. The summed E-state index contributed by atoms with van der Waals surface area (Å²) in [6.45, 7) is 6.42. The summed E-state index contributed by atoms with van der Waals surface area (Å²) in [4.78, 5) is 0. The molecule has 0 radical (unpaired) electrons. The summed E-state index contributed by atoms with van der Waals surface area (Å²) in [6.07, 6.45) is 24.9. The molecule has 0 aliphatic heterocycles. The molecule has 1 nitrogen and oxygen atoms in total. The van der Waals surface area contributed by atoms with Gasteiger partial charge in [-0.15, -0.1) is 0 Å². The maximum absolute atomic E-state index is 6.03. The van der Waals surface area contributed by atoms with Gasteiger partial charge in [0.1, 0.15) is 0 Å². The Morgan fingerprint density at radius 3 is 1.76 bits per heavy atom. The molecule has 0 bridgehead atoms. The zero-order chi connectivity index (χ0) is 18.2. The van der Waals surface area contributed by atoms with Gasteiger partial charge in [-0.05, 0) is 41.9 Å². The second-order valence-corrected chi connectivity index (χ2v) is 9.27. The van der Waals surface area contributed by atoms with Crippen LogP contribution in [0.3, 0.4) is 0 Å². The highest BCUT2D eigenvalue weighted by Gasteiger charge is 2.24. The first-order valence-electron chi connectivity index (χ1n) is 11.2. The first-order chi connectivity index (χ1) is 12.2. The lowest BCUT2D eigenvalue weighted by molar-refractivity contribution is 0.143. The van der Waals surface area contributed by atoms with Crippen molar-refractivity contribution >= 4 is 22.6 Å². The highest BCUT2D eigenvalue weighted by atomic mass is 127. The lowest BCUT2D eigenvalue weighted by atomic mass is 10.0. The lowest BCUT2D eigenvalue weighted by Gasteiger charge is -2.20. The minimum Gasteiger partial charge on any atom is -0.485 e. The fourth-order valence-corrected chi connectivity index (χ4v) is 4.95. The van der Waals surface area contributed by atoms with Gasteiger partial charge in [0.25, 0.3) is 0 Å². The molecule has 0 aromatic heterocycles. The van der Waals surface area contributed by atoms with Crippen LogP contribution in [0.1, 0.15) is 122 Å². The van der Waals surface area contributed by atoms with Gasteiger partial charge in [0.05, 0.1) is 5.76 Å². The number of unbranched alkanes of at least 4 members (excludes halogenated alkanes) is 12. The summed E-state index contributed by atoms with van der Waals surface area (Å²) in [5, 5.41) is 0. The first-order valence-corrected chi connectivity index (χ1v) is 12.5. The summed E-state index contributed by atoms with van der Waals surface area (Å²) in [5.41, 5.74) is 0. The predicted octanol–water partition coefficient (Wildman–Crippen LogP) is 8.95. The molecule has 0 N–H and O–H groups in total. The fraction of sp³-hybridized carbons (Fsp3) is 0.913. The van der Waals surface area contributed by atoms with Crippen LogP contribution in [-0.4, -0.2) is 4.11 Å². The van der Waals surface area contributed by atoms with Crippen molar-refractivity contribution in [2.45, 2.75) is 127 Å². The molecular weight excluding hydrogens is 419 g/mol. The third-order valence-electron chi connectivity index (χ3n) is 5.61. The van der Waals surface area contributed by atoms with Gasteiger partial charge in [-0.3, -0.25) is 0 Å². The SMILES string of the molecule is C=C(CCCCCCCCCCCCCCC)OC(I)C1CCCC1. The highest BCUT2D eigenvalue weighted by molar-refractivity contribution is 14.1. The Kier molecular flexibility index (Phi) is 15.3. The molecule has 0 aromatic rings. The molecule has 0 saturated heterocycles. The van der Waals surface area contributed by atoms with Gasteiger partial charge in [0, 0.05) is 12.3 Å². The lowest BCUT2D eigenvalue weighted by Crippen LogP contribution is -2.14. The minimum absolute atomic E-state index is 0.356. The number of ether oxygens (including phenoxy) is 1. The van der Waals surface area contributed by atoms with Crippen LogP contribution in [0.4, 0.5) is 0 Å². The van der Waals surface area contributed by atoms with E-state index in [4.69, 9.17) is 4.74 Å². The Morgan fingerprint density at radius 1 is 0.840 bits per heavy atom. The van der Waals surface area contributed by atoms with E-state index in [0.29, 0.717) is 4.11 Å². The molecule has 148 valence electrons. The second kappa shape index (κ2) is 16.4. The first kappa shape index (κ1) is 23.3. The van der Waals surface area contributed by atoms with Crippen LogP contribution >= 0.6 is 22.6 Å². The van der Waals surface area contributed by atoms with Crippen LogP contribution < -0.4 is 0 Å². The van der Waals surface area contributed by atoms with Crippen LogP contribution in [0.15, 0.2) is 12.3 Å². The number of hydrogen-bond donors (Lipinski definition) is 0. The van der Waals surface area contributed by atoms with Gasteiger partial charge in [-0.25, -0.2) is 0 Å². The van der Waals surface area contributed by atoms with Gasteiger partial charge in [-0.1, -0.05) is 103 Å². The molecule has 1 atom stereocenters. The molecular formula is C23H43IO. The molecule has 1 saturated carbocycles. The van der Waals surface area contributed by atoms with Crippen molar-refractivity contribution in [2.75, 3.05) is 0 Å². The Bertz CT molecular complexity index is 309. The molecule has 0 amide bonds. The summed E-state index contributed by atoms with van der Waals surface area (Å²) in [6, 6.07) is 0. The van der Waals surface area contributed by atoms with E-state index in [1.807, 2.05) is 0 Å². The maximum atomic E-state index is 6.03. The maximum Gasteiger partial charge on any atom is 0.151 e. The van der Waals surface area contributed by atoms with Crippen LogP contribution in [0, 0.1) is 5.92 Å². The normalized spacial score (nSPS) is 16.2. The van der Waals surface area contributed by atoms with E-state index in [-0.39, 0.29) is 0 Å². The van der Waals surface area contributed by atoms with Crippen LogP contribution in [0.5, 0.6) is 0 Å². The van der Waals surface area contributed by atoms with Crippen molar-refractivity contribution in [1.29, 1.82) is 0 Å². The Balaban J connectivity index is 1.80. The molecule has 1 aliphatic rings. The van der Waals surface area contributed by atoms with E-state index in [1.54, 1.807) is 0 Å². The largest absolute Gasteiger partial charge is 0.485 e. The standard InChI is InChI=1S/C23H43IO/c1-3-4-5-6-7-8-9-10-11-12-13-14-15-18-21(2)25-23(24)22-19-16-17-20-22/h22-23H,2-20H2,1H3. The summed E-state index contributed by atoms with van der Waals surface area (Å²) in [7, 11) is 0. The Labute approximate surface area is 171 Å². The van der Waals surface area contributed by atoms with E-state index in [9.17, 15) is 0 Å². The topological polar surface area (TPSA) is 9.23 Å². The number of alkyl halides is 1. The predicted molar refractivity (Wildman–Crippen MR) is 120 cm³/mol. The van der Waals surface area contributed by atoms with Crippen LogP contribution in [0.2, 0.25) is 0 Å². The molecule has 1 aliphatic carbocycles. The van der Waals surface area contributed by atoms with Crippen molar-refractivity contribution in [3.63, 3.8) is 0 Å². The van der Waals surface area contributed by atoms with Gasteiger partial charge in [-0.2, -0.15) is 0 Å². The average Bonchev–Trinajstić information content (AvgIpc) is 3.13. The van der Waals surface area contributed by atoms with E-state index >= 15 is 0 Å². The Hall–Kier alpha value is 0.270. The average molecular weight is 463 g/mol. The third kappa shape index (κ3) is 13.1. The zero-order valence-electron chi connectivity index (χ0n) is 16.9. The zero-order valence-corrected chi connectivity index (χ0v) is 19.0. The van der Waals surface area contributed by atoms with Crippen molar-refractivity contribution < 1.29 is 4.74 Å². The van der Waals surface area contributed by atoms with Gasteiger partial charge in [0.2, 0.25) is 0 Å².